The molecule has 1 saturated heterocycles. The third kappa shape index (κ3) is 3.21. The average Bonchev–Trinajstić information content (AvgIpc) is 2.94. The van der Waals surface area contributed by atoms with Crippen LogP contribution in [0, 0.1) is 0 Å². The fourth-order valence-corrected chi connectivity index (χ4v) is 4.79. The maximum Gasteiger partial charge on any atom is 0.257 e. The van der Waals surface area contributed by atoms with Crippen molar-refractivity contribution < 1.29 is 18.0 Å². The van der Waals surface area contributed by atoms with E-state index in [9.17, 15) is 18.0 Å². The molecule has 3 aromatic rings. The second kappa shape index (κ2) is 6.88. The Labute approximate surface area is 166 Å². The van der Waals surface area contributed by atoms with Crippen LogP contribution in [0.3, 0.4) is 0 Å². The molecule has 0 aliphatic carbocycles. The number of nitrogens with zero attached hydrogens (tertiary/aromatic N) is 2. The van der Waals surface area contributed by atoms with Gasteiger partial charge in [0.15, 0.2) is 0 Å². The number of nitrogens with one attached hydrogen (secondary N) is 1. The number of carbonyl (C=O) groups is 2. The van der Waals surface area contributed by atoms with Gasteiger partial charge >= 0.3 is 0 Å². The summed E-state index contributed by atoms with van der Waals surface area (Å²) >= 11 is 6.22. The van der Waals surface area contributed by atoms with Crippen LogP contribution in [0.2, 0.25) is 5.02 Å². The van der Waals surface area contributed by atoms with Crippen LogP contribution >= 0.6 is 11.6 Å². The number of pyridine rings is 1. The third-order valence-corrected chi connectivity index (χ3v) is 6.39. The van der Waals surface area contributed by atoms with Gasteiger partial charge in [0.2, 0.25) is 15.9 Å². The Hall–Kier alpha value is -2.97. The molecule has 7 nitrogen and oxygen atoms in total. The van der Waals surface area contributed by atoms with E-state index in [0.717, 1.165) is 9.69 Å². The fraction of sp³-hybridized carbons (Fsp3) is 0.105. The number of rotatable bonds is 3. The second-order valence-electron chi connectivity index (χ2n) is 6.22. The molecule has 2 heterocycles. The molecule has 28 heavy (non-hydrogen) atoms. The number of fused-ring (bicyclic) bond motifs is 1. The summed E-state index contributed by atoms with van der Waals surface area (Å²) in [5.41, 5.74) is 1.44. The van der Waals surface area contributed by atoms with E-state index in [2.05, 4.69) is 10.3 Å². The van der Waals surface area contributed by atoms with Crippen molar-refractivity contribution in [3.05, 3.63) is 65.3 Å². The molecular weight excluding hydrogens is 402 g/mol. The zero-order valence-corrected chi connectivity index (χ0v) is 16.0. The van der Waals surface area contributed by atoms with Gasteiger partial charge in [-0.1, -0.05) is 29.8 Å². The highest BCUT2D eigenvalue weighted by Gasteiger charge is 2.36. The smallest absolute Gasteiger partial charge is 0.257 e. The number of hydrogen-bond acceptors (Lipinski definition) is 5. The standard InChI is InChI=1S/C19H14ClN3O4S/c20-15-11-13(23-17(24)8-10-28(23,26)27)6-7-14(15)19(25)22-16-5-1-3-12-4-2-9-21-18(12)16/h1-7,9,11H,8,10H2,(H,22,25). The van der Waals surface area contributed by atoms with E-state index in [-0.39, 0.29) is 28.4 Å². The lowest BCUT2D eigenvalue weighted by Gasteiger charge is -2.16. The van der Waals surface area contributed by atoms with Crippen LogP contribution in [-0.2, 0) is 14.8 Å². The largest absolute Gasteiger partial charge is 0.320 e. The van der Waals surface area contributed by atoms with E-state index in [4.69, 9.17) is 11.6 Å². The number of benzene rings is 2. The SMILES string of the molecule is O=C(Nc1cccc2cccnc12)c1ccc(N2C(=O)CCS2(=O)=O)cc1Cl. The third-order valence-electron chi connectivity index (χ3n) is 4.39. The van der Waals surface area contributed by atoms with Gasteiger partial charge in [0, 0.05) is 18.0 Å². The van der Waals surface area contributed by atoms with Gasteiger partial charge in [-0.05, 0) is 30.3 Å². The topological polar surface area (TPSA) is 96.4 Å². The first-order valence-electron chi connectivity index (χ1n) is 8.37. The van der Waals surface area contributed by atoms with E-state index >= 15 is 0 Å². The normalized spacial score (nSPS) is 15.8. The van der Waals surface area contributed by atoms with E-state index in [0.29, 0.717) is 11.2 Å². The minimum Gasteiger partial charge on any atom is -0.320 e. The predicted molar refractivity (Wildman–Crippen MR) is 107 cm³/mol. The van der Waals surface area contributed by atoms with Crippen molar-refractivity contribution >= 4 is 55.7 Å². The molecule has 1 N–H and O–H groups in total. The van der Waals surface area contributed by atoms with Gasteiger partial charge in [-0.2, -0.15) is 0 Å². The van der Waals surface area contributed by atoms with Crippen LogP contribution in [0.1, 0.15) is 16.8 Å². The maximum absolute atomic E-state index is 12.7. The number of sulfonamides is 1. The summed E-state index contributed by atoms with van der Waals surface area (Å²) in [6.07, 6.45) is 1.56. The lowest BCUT2D eigenvalue weighted by atomic mass is 10.1. The van der Waals surface area contributed by atoms with Crippen LogP contribution in [0.25, 0.3) is 10.9 Å². The van der Waals surface area contributed by atoms with Crippen molar-refractivity contribution in [3.8, 4) is 0 Å². The van der Waals surface area contributed by atoms with Crippen LogP contribution in [0.15, 0.2) is 54.7 Å². The first-order chi connectivity index (χ1) is 13.4. The van der Waals surface area contributed by atoms with Crippen molar-refractivity contribution in [3.63, 3.8) is 0 Å². The first kappa shape index (κ1) is 18.4. The fourth-order valence-electron chi connectivity index (χ4n) is 3.08. The van der Waals surface area contributed by atoms with Gasteiger partial charge in [0.25, 0.3) is 5.91 Å². The van der Waals surface area contributed by atoms with Crippen LogP contribution in [0.5, 0.6) is 0 Å². The first-order valence-corrected chi connectivity index (χ1v) is 10.4. The molecule has 0 bridgehead atoms. The minimum absolute atomic E-state index is 0.0399. The van der Waals surface area contributed by atoms with E-state index in [1.807, 2.05) is 12.1 Å². The van der Waals surface area contributed by atoms with E-state index in [1.54, 1.807) is 24.4 Å². The van der Waals surface area contributed by atoms with Crippen molar-refractivity contribution in [2.75, 3.05) is 15.4 Å². The molecule has 0 radical (unpaired) electrons. The van der Waals surface area contributed by atoms with Crippen molar-refractivity contribution in [2.24, 2.45) is 0 Å². The lowest BCUT2D eigenvalue weighted by Crippen LogP contribution is -2.29. The molecule has 2 amide bonds. The molecule has 0 spiro atoms. The van der Waals surface area contributed by atoms with Gasteiger partial charge in [0.1, 0.15) is 0 Å². The molecule has 9 heteroatoms. The summed E-state index contributed by atoms with van der Waals surface area (Å²) in [6.45, 7) is 0. The van der Waals surface area contributed by atoms with Crippen LogP contribution in [0.4, 0.5) is 11.4 Å². The van der Waals surface area contributed by atoms with Crippen molar-refractivity contribution in [2.45, 2.75) is 6.42 Å². The quantitative estimate of drug-likeness (QED) is 0.708. The summed E-state index contributed by atoms with van der Waals surface area (Å²) in [4.78, 5) is 28.9. The van der Waals surface area contributed by atoms with Gasteiger partial charge in [0.05, 0.1) is 33.2 Å². The minimum atomic E-state index is -3.70. The van der Waals surface area contributed by atoms with E-state index in [1.165, 1.54) is 18.2 Å². The number of carbonyl (C=O) groups excluding carboxylic acids is 2. The Bertz CT molecular complexity index is 1220. The number of para-hydroxylation sites is 1. The van der Waals surface area contributed by atoms with Gasteiger partial charge < -0.3 is 5.32 Å². The monoisotopic (exact) mass is 415 g/mol. The van der Waals surface area contributed by atoms with Gasteiger partial charge in [-0.3, -0.25) is 14.6 Å². The average molecular weight is 416 g/mol. The Balaban J connectivity index is 1.65. The second-order valence-corrected chi connectivity index (χ2v) is 8.57. The highest BCUT2D eigenvalue weighted by atomic mass is 35.5. The predicted octanol–water partition coefficient (Wildman–Crippen LogP) is 3.21. The molecule has 2 aromatic carbocycles. The van der Waals surface area contributed by atoms with E-state index < -0.39 is 21.8 Å². The maximum atomic E-state index is 12.7. The summed E-state index contributed by atoms with van der Waals surface area (Å²) in [5, 5.41) is 3.69. The Kier molecular flexibility index (Phi) is 4.52. The summed E-state index contributed by atoms with van der Waals surface area (Å²) in [7, 11) is -3.70. The molecule has 0 saturated carbocycles. The molecule has 1 aliphatic rings. The Morgan fingerprint density at radius 2 is 1.93 bits per heavy atom. The highest BCUT2D eigenvalue weighted by Crippen LogP contribution is 2.30. The molecule has 0 unspecified atom stereocenters. The summed E-state index contributed by atoms with van der Waals surface area (Å²) in [5.74, 6) is -1.22. The zero-order chi connectivity index (χ0) is 19.9. The van der Waals surface area contributed by atoms with Crippen molar-refractivity contribution in [1.29, 1.82) is 0 Å². The molecule has 4 rings (SSSR count). The van der Waals surface area contributed by atoms with Crippen LogP contribution < -0.4 is 9.62 Å². The number of hydrogen-bond donors (Lipinski definition) is 1. The number of amides is 2. The molecule has 1 fully saturated rings. The zero-order valence-electron chi connectivity index (χ0n) is 14.4. The lowest BCUT2D eigenvalue weighted by molar-refractivity contribution is -0.116. The van der Waals surface area contributed by atoms with Crippen LogP contribution in [-0.4, -0.2) is 31.0 Å². The molecule has 0 atom stereocenters. The van der Waals surface area contributed by atoms with Gasteiger partial charge in [-0.25, -0.2) is 12.7 Å². The number of anilines is 2. The Morgan fingerprint density at radius 3 is 2.64 bits per heavy atom. The molecule has 1 aliphatic heterocycles. The highest BCUT2D eigenvalue weighted by molar-refractivity contribution is 7.94. The Morgan fingerprint density at radius 1 is 1.14 bits per heavy atom. The summed E-state index contributed by atoms with van der Waals surface area (Å²) < 4.78 is 24.8. The molecular formula is C19H14ClN3O4S. The molecule has 142 valence electrons. The van der Waals surface area contributed by atoms with Gasteiger partial charge in [-0.15, -0.1) is 0 Å². The number of aromatic nitrogens is 1. The molecule has 1 aromatic heterocycles. The number of halogens is 1. The van der Waals surface area contributed by atoms with Crippen molar-refractivity contribution in [1.82, 2.24) is 4.98 Å². The summed E-state index contributed by atoms with van der Waals surface area (Å²) in [6, 6.07) is 13.2.